The second kappa shape index (κ2) is 6.49. The number of hydrogen-bond donors (Lipinski definition) is 1. The van der Waals surface area contributed by atoms with Crippen LogP contribution in [0.2, 0.25) is 5.02 Å². The molecular formula is C21H23ClN2O3S. The van der Waals surface area contributed by atoms with E-state index in [0.717, 1.165) is 29.7 Å². The molecular weight excluding hydrogens is 396 g/mol. The van der Waals surface area contributed by atoms with Gasteiger partial charge >= 0.3 is 0 Å². The molecule has 2 aliphatic rings. The molecule has 2 aromatic carbocycles. The number of sulfonamides is 1. The fraction of sp³-hybridized carbons (Fsp3) is 0.381. The van der Waals surface area contributed by atoms with Crippen LogP contribution in [0.1, 0.15) is 37.8 Å². The van der Waals surface area contributed by atoms with Crippen molar-refractivity contribution in [1.29, 1.82) is 0 Å². The van der Waals surface area contributed by atoms with Crippen molar-refractivity contribution in [3.8, 4) is 0 Å². The molecule has 0 saturated heterocycles. The summed E-state index contributed by atoms with van der Waals surface area (Å²) >= 11 is 5.96. The lowest BCUT2D eigenvalue weighted by molar-refractivity contribution is -0.119. The first kappa shape index (κ1) is 19.3. The highest BCUT2D eigenvalue weighted by molar-refractivity contribution is 7.92. The summed E-state index contributed by atoms with van der Waals surface area (Å²) in [4.78, 5) is 14.6. The molecule has 0 bridgehead atoms. The molecule has 2 aromatic rings. The van der Waals surface area contributed by atoms with Crippen LogP contribution in [0.15, 0.2) is 41.3 Å². The Kier molecular flexibility index (Phi) is 4.47. The Morgan fingerprint density at radius 3 is 2.54 bits per heavy atom. The molecule has 0 aromatic heterocycles. The summed E-state index contributed by atoms with van der Waals surface area (Å²) in [5, 5.41) is 0.556. The van der Waals surface area contributed by atoms with Gasteiger partial charge in [-0.05, 0) is 67.3 Å². The van der Waals surface area contributed by atoms with E-state index in [1.54, 1.807) is 43.3 Å². The van der Waals surface area contributed by atoms with Gasteiger partial charge < -0.3 is 4.90 Å². The molecule has 148 valence electrons. The highest BCUT2D eigenvalue weighted by Gasteiger charge is 2.43. The molecule has 1 aliphatic heterocycles. The Hall–Kier alpha value is -2.05. The number of nitrogens with zero attached hydrogens (tertiary/aromatic N) is 1. The third kappa shape index (κ3) is 3.40. The molecule has 1 N–H and O–H groups in total. The van der Waals surface area contributed by atoms with Crippen LogP contribution < -0.4 is 9.62 Å². The SMILES string of the molecule is Cc1cc(Cl)ccc1NS(=O)(=O)c1ccc2c(c1)C(C)(C)CN2C(=O)C1CC1. The molecule has 1 heterocycles. The minimum Gasteiger partial charge on any atom is -0.311 e. The van der Waals surface area contributed by atoms with E-state index in [9.17, 15) is 13.2 Å². The molecule has 0 atom stereocenters. The number of fused-ring (bicyclic) bond motifs is 1. The van der Waals surface area contributed by atoms with Gasteiger partial charge in [-0.25, -0.2) is 8.42 Å². The molecule has 1 fully saturated rings. The Morgan fingerprint density at radius 1 is 1.18 bits per heavy atom. The van der Waals surface area contributed by atoms with Crippen molar-refractivity contribution in [3.05, 3.63) is 52.5 Å². The van der Waals surface area contributed by atoms with Crippen molar-refractivity contribution >= 4 is 38.9 Å². The van der Waals surface area contributed by atoms with Crippen molar-refractivity contribution in [2.45, 2.75) is 43.9 Å². The van der Waals surface area contributed by atoms with Gasteiger partial charge in [-0.2, -0.15) is 0 Å². The van der Waals surface area contributed by atoms with Gasteiger partial charge in [0, 0.05) is 28.6 Å². The minimum atomic E-state index is -3.76. The van der Waals surface area contributed by atoms with Crippen molar-refractivity contribution in [2.75, 3.05) is 16.2 Å². The van der Waals surface area contributed by atoms with E-state index in [-0.39, 0.29) is 22.1 Å². The van der Waals surface area contributed by atoms with Gasteiger partial charge in [0.05, 0.1) is 10.6 Å². The molecule has 1 aliphatic carbocycles. The molecule has 0 unspecified atom stereocenters. The van der Waals surface area contributed by atoms with Gasteiger partial charge in [0.25, 0.3) is 10.0 Å². The van der Waals surface area contributed by atoms with E-state index in [0.29, 0.717) is 17.3 Å². The number of amides is 1. The van der Waals surface area contributed by atoms with Crippen LogP contribution in [-0.2, 0) is 20.2 Å². The van der Waals surface area contributed by atoms with Gasteiger partial charge in [-0.3, -0.25) is 9.52 Å². The summed E-state index contributed by atoms with van der Waals surface area (Å²) in [6.07, 6.45) is 1.89. The van der Waals surface area contributed by atoms with Gasteiger partial charge in [0.1, 0.15) is 0 Å². The first-order valence-electron chi connectivity index (χ1n) is 9.33. The van der Waals surface area contributed by atoms with Gasteiger partial charge in [0.2, 0.25) is 5.91 Å². The van der Waals surface area contributed by atoms with Crippen LogP contribution in [0.5, 0.6) is 0 Å². The number of nitrogens with one attached hydrogen (secondary N) is 1. The maximum absolute atomic E-state index is 13.0. The molecule has 1 amide bonds. The first-order chi connectivity index (χ1) is 13.1. The Balaban J connectivity index is 1.69. The minimum absolute atomic E-state index is 0.125. The first-order valence-corrected chi connectivity index (χ1v) is 11.2. The van der Waals surface area contributed by atoms with E-state index in [4.69, 9.17) is 11.6 Å². The molecule has 0 spiro atoms. The lowest BCUT2D eigenvalue weighted by Gasteiger charge is -2.20. The van der Waals surface area contributed by atoms with E-state index in [2.05, 4.69) is 4.72 Å². The number of halogens is 1. The number of aryl methyl sites for hydroxylation is 1. The van der Waals surface area contributed by atoms with Gasteiger partial charge in [-0.1, -0.05) is 25.4 Å². The summed E-state index contributed by atoms with van der Waals surface area (Å²) in [7, 11) is -3.76. The van der Waals surface area contributed by atoms with E-state index < -0.39 is 10.0 Å². The van der Waals surface area contributed by atoms with Crippen LogP contribution in [-0.4, -0.2) is 20.9 Å². The highest BCUT2D eigenvalue weighted by atomic mass is 35.5. The normalized spacial score (nSPS) is 18.1. The lowest BCUT2D eigenvalue weighted by atomic mass is 9.87. The van der Waals surface area contributed by atoms with Crippen LogP contribution in [0.3, 0.4) is 0 Å². The second-order valence-corrected chi connectivity index (χ2v) is 10.4. The number of carbonyl (C=O) groups excluding carboxylic acids is 1. The summed E-state index contributed by atoms with van der Waals surface area (Å²) in [6.45, 7) is 6.46. The number of anilines is 2. The largest absolute Gasteiger partial charge is 0.311 e. The topological polar surface area (TPSA) is 66.5 Å². The molecule has 1 saturated carbocycles. The predicted octanol–water partition coefficient (Wildman–Crippen LogP) is 4.48. The molecule has 7 heteroatoms. The van der Waals surface area contributed by atoms with Crippen LogP contribution in [0.25, 0.3) is 0 Å². The summed E-state index contributed by atoms with van der Waals surface area (Å²) in [5.74, 6) is 0.275. The van der Waals surface area contributed by atoms with Crippen molar-refractivity contribution < 1.29 is 13.2 Å². The van der Waals surface area contributed by atoms with Crippen molar-refractivity contribution in [1.82, 2.24) is 0 Å². The fourth-order valence-electron chi connectivity index (χ4n) is 3.72. The zero-order valence-electron chi connectivity index (χ0n) is 16.1. The average molecular weight is 419 g/mol. The molecule has 0 radical (unpaired) electrons. The quantitative estimate of drug-likeness (QED) is 0.795. The third-order valence-corrected chi connectivity index (χ3v) is 7.08. The maximum Gasteiger partial charge on any atom is 0.261 e. The van der Waals surface area contributed by atoms with Crippen LogP contribution in [0.4, 0.5) is 11.4 Å². The standard InChI is InChI=1S/C21H23ClN2O3S/c1-13-10-15(22)6-8-18(13)23-28(26,27)16-7-9-19-17(11-16)21(2,3)12-24(19)20(25)14-4-5-14/h6-11,14,23H,4-5,12H2,1-3H3. The summed E-state index contributed by atoms with van der Waals surface area (Å²) in [5.41, 5.74) is 2.65. The Labute approximate surface area is 170 Å². The number of benzene rings is 2. The fourth-order valence-corrected chi connectivity index (χ4v) is 5.10. The zero-order valence-corrected chi connectivity index (χ0v) is 17.7. The molecule has 4 rings (SSSR count). The van der Waals surface area contributed by atoms with Gasteiger partial charge in [-0.15, -0.1) is 0 Å². The van der Waals surface area contributed by atoms with Crippen molar-refractivity contribution in [2.24, 2.45) is 5.92 Å². The smallest absolute Gasteiger partial charge is 0.261 e. The lowest BCUT2D eigenvalue weighted by Crippen LogP contribution is -2.34. The Morgan fingerprint density at radius 2 is 1.89 bits per heavy atom. The highest BCUT2D eigenvalue weighted by Crippen LogP contribution is 2.44. The summed E-state index contributed by atoms with van der Waals surface area (Å²) < 4.78 is 28.6. The number of hydrogen-bond acceptors (Lipinski definition) is 3. The molecule has 5 nitrogen and oxygen atoms in total. The van der Waals surface area contributed by atoms with Crippen LogP contribution >= 0.6 is 11.6 Å². The monoisotopic (exact) mass is 418 g/mol. The third-order valence-electron chi connectivity index (χ3n) is 5.48. The van der Waals surface area contributed by atoms with Crippen LogP contribution in [0, 0.1) is 12.8 Å². The van der Waals surface area contributed by atoms with Gasteiger partial charge in [0.15, 0.2) is 0 Å². The zero-order chi connectivity index (χ0) is 20.3. The number of rotatable bonds is 4. The van der Waals surface area contributed by atoms with E-state index in [1.165, 1.54) is 0 Å². The molecule has 28 heavy (non-hydrogen) atoms. The second-order valence-electron chi connectivity index (χ2n) is 8.33. The maximum atomic E-state index is 13.0. The average Bonchev–Trinajstić information content (AvgIpc) is 3.42. The summed E-state index contributed by atoms with van der Waals surface area (Å²) in [6, 6.07) is 10.0. The Bertz CT molecular complexity index is 1080. The predicted molar refractivity (Wildman–Crippen MR) is 112 cm³/mol. The van der Waals surface area contributed by atoms with E-state index in [1.807, 2.05) is 18.7 Å². The number of carbonyl (C=O) groups is 1. The van der Waals surface area contributed by atoms with Crippen molar-refractivity contribution in [3.63, 3.8) is 0 Å². The van der Waals surface area contributed by atoms with E-state index >= 15 is 0 Å².